The minimum atomic E-state index is -0.00787. The van der Waals surface area contributed by atoms with E-state index in [2.05, 4.69) is 4.90 Å². The van der Waals surface area contributed by atoms with Crippen LogP contribution in [0.5, 0.6) is 5.75 Å². The molecule has 5 nitrogen and oxygen atoms in total. The van der Waals surface area contributed by atoms with E-state index in [1.54, 1.807) is 25.3 Å². The largest absolute Gasteiger partial charge is 0.496 e. The third kappa shape index (κ3) is 2.22. The Labute approximate surface area is 119 Å². The fourth-order valence-electron chi connectivity index (χ4n) is 3.28. The van der Waals surface area contributed by atoms with Gasteiger partial charge in [0.1, 0.15) is 11.3 Å². The number of nitrogens with zero attached hydrogens (tertiary/aromatic N) is 2. The second-order valence-electron chi connectivity index (χ2n) is 5.51. The number of hydrogen-bond acceptors (Lipinski definition) is 4. The molecule has 2 fully saturated rings. The van der Waals surface area contributed by atoms with Crippen molar-refractivity contribution in [3.05, 3.63) is 23.8 Å². The molecule has 0 aromatic heterocycles. The number of hydrogen-bond donors (Lipinski definition) is 1. The van der Waals surface area contributed by atoms with Gasteiger partial charge in [0, 0.05) is 31.4 Å². The Morgan fingerprint density at radius 3 is 3.00 bits per heavy atom. The van der Waals surface area contributed by atoms with Gasteiger partial charge < -0.3 is 15.4 Å². The molecule has 5 heteroatoms. The SMILES string of the molecule is COc1cccc(N)c1C(=O)N1CCN2CCCC2C1. The first-order valence-electron chi connectivity index (χ1n) is 7.16. The lowest BCUT2D eigenvalue weighted by Crippen LogP contribution is -2.52. The Bertz CT molecular complexity index is 518. The van der Waals surface area contributed by atoms with Crippen molar-refractivity contribution in [2.45, 2.75) is 18.9 Å². The van der Waals surface area contributed by atoms with Gasteiger partial charge in [0.15, 0.2) is 0 Å². The van der Waals surface area contributed by atoms with Crippen molar-refractivity contribution < 1.29 is 9.53 Å². The number of ether oxygens (including phenoxy) is 1. The number of carbonyl (C=O) groups excluding carboxylic acids is 1. The fourth-order valence-corrected chi connectivity index (χ4v) is 3.28. The second-order valence-corrected chi connectivity index (χ2v) is 5.51. The highest BCUT2D eigenvalue weighted by molar-refractivity contribution is 6.02. The van der Waals surface area contributed by atoms with Crippen molar-refractivity contribution >= 4 is 11.6 Å². The highest BCUT2D eigenvalue weighted by Gasteiger charge is 2.33. The lowest BCUT2D eigenvalue weighted by atomic mass is 10.1. The Morgan fingerprint density at radius 1 is 1.35 bits per heavy atom. The molecule has 2 N–H and O–H groups in total. The average Bonchev–Trinajstić information content (AvgIpc) is 2.93. The molecule has 2 heterocycles. The number of nitrogen functional groups attached to an aromatic ring is 1. The molecule has 1 aromatic rings. The smallest absolute Gasteiger partial charge is 0.259 e. The standard InChI is InChI=1S/C15H21N3O2/c1-20-13-6-2-5-12(16)14(13)15(19)18-9-8-17-7-3-4-11(17)10-18/h2,5-6,11H,3-4,7-10,16H2,1H3. The number of benzene rings is 1. The maximum atomic E-state index is 12.7. The molecule has 0 aliphatic carbocycles. The molecule has 2 aliphatic rings. The first-order valence-corrected chi connectivity index (χ1v) is 7.16. The third-order valence-corrected chi connectivity index (χ3v) is 4.37. The highest BCUT2D eigenvalue weighted by atomic mass is 16.5. The molecule has 2 aliphatic heterocycles. The van der Waals surface area contributed by atoms with Crippen LogP contribution in [0.4, 0.5) is 5.69 Å². The van der Waals surface area contributed by atoms with Gasteiger partial charge in [-0.05, 0) is 31.5 Å². The van der Waals surface area contributed by atoms with Crippen LogP contribution in [0, 0.1) is 0 Å². The zero-order valence-electron chi connectivity index (χ0n) is 11.8. The maximum Gasteiger partial charge on any atom is 0.259 e. The van der Waals surface area contributed by atoms with Crippen LogP contribution >= 0.6 is 0 Å². The molecule has 20 heavy (non-hydrogen) atoms. The quantitative estimate of drug-likeness (QED) is 0.824. The molecule has 1 amide bonds. The summed E-state index contributed by atoms with van der Waals surface area (Å²) in [6, 6.07) is 5.86. The van der Waals surface area contributed by atoms with Crippen LogP contribution in [0.2, 0.25) is 0 Å². The summed E-state index contributed by atoms with van der Waals surface area (Å²) in [5, 5.41) is 0. The van der Waals surface area contributed by atoms with E-state index in [9.17, 15) is 4.79 Å². The number of methoxy groups -OCH3 is 1. The Hall–Kier alpha value is -1.75. The van der Waals surface area contributed by atoms with Crippen molar-refractivity contribution in [3.63, 3.8) is 0 Å². The van der Waals surface area contributed by atoms with Crippen molar-refractivity contribution in [2.24, 2.45) is 0 Å². The predicted octanol–water partition coefficient (Wildman–Crippen LogP) is 1.20. The summed E-state index contributed by atoms with van der Waals surface area (Å²) in [7, 11) is 1.57. The molecule has 1 aromatic carbocycles. The molecule has 3 rings (SSSR count). The Kier molecular flexibility index (Phi) is 3.53. The first-order chi connectivity index (χ1) is 9.70. The molecule has 1 unspecified atom stereocenters. The zero-order chi connectivity index (χ0) is 14.1. The Morgan fingerprint density at radius 2 is 2.20 bits per heavy atom. The lowest BCUT2D eigenvalue weighted by Gasteiger charge is -2.37. The van der Waals surface area contributed by atoms with Crippen molar-refractivity contribution in [2.75, 3.05) is 39.0 Å². The molecule has 0 saturated carbocycles. The van der Waals surface area contributed by atoms with Crippen LogP contribution in [0.15, 0.2) is 18.2 Å². The number of rotatable bonds is 2. The lowest BCUT2D eigenvalue weighted by molar-refractivity contribution is 0.0569. The summed E-state index contributed by atoms with van der Waals surface area (Å²) >= 11 is 0. The second kappa shape index (κ2) is 5.32. The number of nitrogens with two attached hydrogens (primary N) is 1. The van der Waals surface area contributed by atoms with Gasteiger partial charge in [-0.15, -0.1) is 0 Å². The van der Waals surface area contributed by atoms with Gasteiger partial charge >= 0.3 is 0 Å². The van der Waals surface area contributed by atoms with Gasteiger partial charge in [-0.2, -0.15) is 0 Å². The number of fused-ring (bicyclic) bond motifs is 1. The molecular formula is C15H21N3O2. The van der Waals surface area contributed by atoms with Crippen molar-refractivity contribution in [1.29, 1.82) is 0 Å². The molecule has 108 valence electrons. The summed E-state index contributed by atoms with van der Waals surface area (Å²) in [4.78, 5) is 17.1. The van der Waals surface area contributed by atoms with Crippen LogP contribution in [0.25, 0.3) is 0 Å². The minimum Gasteiger partial charge on any atom is -0.496 e. The topological polar surface area (TPSA) is 58.8 Å². The van der Waals surface area contributed by atoms with E-state index >= 15 is 0 Å². The summed E-state index contributed by atoms with van der Waals surface area (Å²) < 4.78 is 5.29. The zero-order valence-corrected chi connectivity index (χ0v) is 11.8. The number of carbonyl (C=O) groups is 1. The summed E-state index contributed by atoms with van der Waals surface area (Å²) in [6.07, 6.45) is 2.43. The number of piperazine rings is 1. The van der Waals surface area contributed by atoms with Gasteiger partial charge in [0.05, 0.1) is 7.11 Å². The number of amides is 1. The highest BCUT2D eigenvalue weighted by Crippen LogP contribution is 2.28. The Balaban J connectivity index is 1.82. The fraction of sp³-hybridized carbons (Fsp3) is 0.533. The van der Waals surface area contributed by atoms with E-state index < -0.39 is 0 Å². The number of anilines is 1. The molecule has 0 spiro atoms. The van der Waals surface area contributed by atoms with Crippen LogP contribution < -0.4 is 10.5 Å². The molecule has 0 radical (unpaired) electrons. The minimum absolute atomic E-state index is 0.00787. The van der Waals surface area contributed by atoms with E-state index in [1.165, 1.54) is 19.4 Å². The summed E-state index contributed by atoms with van der Waals surface area (Å²) in [5.41, 5.74) is 6.96. The van der Waals surface area contributed by atoms with Gasteiger partial charge in [-0.25, -0.2) is 0 Å². The van der Waals surface area contributed by atoms with E-state index in [1.807, 2.05) is 4.90 Å². The molecular weight excluding hydrogens is 254 g/mol. The monoisotopic (exact) mass is 275 g/mol. The van der Waals surface area contributed by atoms with Gasteiger partial charge in [-0.1, -0.05) is 6.07 Å². The summed E-state index contributed by atoms with van der Waals surface area (Å²) in [5.74, 6) is 0.551. The van der Waals surface area contributed by atoms with Gasteiger partial charge in [0.2, 0.25) is 0 Å². The van der Waals surface area contributed by atoms with E-state index in [0.29, 0.717) is 23.0 Å². The predicted molar refractivity (Wildman–Crippen MR) is 77.9 cm³/mol. The van der Waals surface area contributed by atoms with Crippen LogP contribution in [0.3, 0.4) is 0 Å². The first kappa shape index (κ1) is 13.2. The van der Waals surface area contributed by atoms with E-state index in [0.717, 1.165) is 19.6 Å². The van der Waals surface area contributed by atoms with Crippen LogP contribution in [0.1, 0.15) is 23.2 Å². The molecule has 1 atom stereocenters. The van der Waals surface area contributed by atoms with Gasteiger partial charge in [-0.3, -0.25) is 9.69 Å². The molecule has 0 bridgehead atoms. The third-order valence-electron chi connectivity index (χ3n) is 4.37. The van der Waals surface area contributed by atoms with Crippen LogP contribution in [-0.2, 0) is 0 Å². The average molecular weight is 275 g/mol. The van der Waals surface area contributed by atoms with E-state index in [4.69, 9.17) is 10.5 Å². The maximum absolute atomic E-state index is 12.7. The van der Waals surface area contributed by atoms with Crippen molar-refractivity contribution in [1.82, 2.24) is 9.80 Å². The summed E-state index contributed by atoms with van der Waals surface area (Å²) in [6.45, 7) is 3.71. The van der Waals surface area contributed by atoms with Gasteiger partial charge in [0.25, 0.3) is 5.91 Å². The van der Waals surface area contributed by atoms with E-state index in [-0.39, 0.29) is 5.91 Å². The van der Waals surface area contributed by atoms with Crippen molar-refractivity contribution in [3.8, 4) is 5.75 Å². The molecule has 2 saturated heterocycles. The normalized spacial score (nSPS) is 22.6. The van der Waals surface area contributed by atoms with Crippen LogP contribution in [-0.4, -0.2) is 55.0 Å².